The van der Waals surface area contributed by atoms with Crippen LogP contribution in [0.5, 0.6) is 0 Å². The first-order valence-corrected chi connectivity index (χ1v) is 18.2. The molecule has 0 aliphatic carbocycles. The Morgan fingerprint density at radius 2 is 1.47 bits per heavy atom. The Kier molecular flexibility index (Phi) is 11.2. The van der Waals surface area contributed by atoms with Crippen LogP contribution in [-0.2, 0) is 11.0 Å². The second-order valence-electron chi connectivity index (χ2n) is 11.9. The first kappa shape index (κ1) is 33.0. The van der Waals surface area contributed by atoms with Crippen LogP contribution in [0.15, 0.2) is 114 Å². The van der Waals surface area contributed by atoms with Crippen LogP contribution in [0, 0.1) is 5.41 Å². The Labute approximate surface area is 282 Å². The molecule has 0 fully saturated rings. The van der Waals surface area contributed by atoms with E-state index in [1.807, 2.05) is 30.7 Å². The average Bonchev–Trinajstić information content (AvgIpc) is 3.03. The average molecular weight is 673 g/mol. The molecule has 45 heavy (non-hydrogen) atoms. The van der Waals surface area contributed by atoms with E-state index in [0.29, 0.717) is 33.3 Å². The Hall–Kier alpha value is -3.33. The Morgan fingerprint density at radius 3 is 2.07 bits per heavy atom. The molecule has 1 heterocycles. The Morgan fingerprint density at radius 1 is 0.844 bits per heavy atom. The summed E-state index contributed by atoms with van der Waals surface area (Å²) in [4.78, 5) is 9.34. The van der Waals surface area contributed by atoms with Gasteiger partial charge in [0.2, 0.25) is 0 Å². The van der Waals surface area contributed by atoms with Crippen LogP contribution in [-0.4, -0.2) is 25.3 Å². The van der Waals surface area contributed by atoms with Crippen molar-refractivity contribution < 1.29 is 4.43 Å². The Balaban J connectivity index is 1.45. The highest BCUT2D eigenvalue weighted by Gasteiger charge is 2.28. The van der Waals surface area contributed by atoms with E-state index < -0.39 is 9.04 Å². The van der Waals surface area contributed by atoms with Gasteiger partial charge in [-0.15, -0.1) is 0 Å². The number of thioether (sulfide) groups is 1. The van der Waals surface area contributed by atoms with Crippen molar-refractivity contribution in [2.45, 2.75) is 45.0 Å². The first-order chi connectivity index (χ1) is 21.7. The van der Waals surface area contributed by atoms with E-state index in [1.165, 1.54) is 22.1 Å². The highest BCUT2D eigenvalue weighted by atomic mass is 35.5. The summed E-state index contributed by atoms with van der Waals surface area (Å²) in [5.41, 5.74) is 3.65. The number of aromatic nitrogens is 2. The molecule has 231 valence electrons. The third-order valence-electron chi connectivity index (χ3n) is 7.09. The molecule has 0 bridgehead atoms. The van der Waals surface area contributed by atoms with Crippen molar-refractivity contribution in [3.8, 4) is 0 Å². The van der Waals surface area contributed by atoms with E-state index in [9.17, 15) is 0 Å². The zero-order valence-corrected chi connectivity index (χ0v) is 29.2. The summed E-state index contributed by atoms with van der Waals surface area (Å²) in [7, 11) is -1.52. The summed E-state index contributed by atoms with van der Waals surface area (Å²) in [6.45, 7) is 7.23. The fourth-order valence-corrected chi connectivity index (χ4v) is 7.91. The zero-order valence-electron chi connectivity index (χ0n) is 25.9. The number of hydrogen-bond donors (Lipinski definition) is 2. The van der Waals surface area contributed by atoms with Crippen molar-refractivity contribution in [3.05, 3.63) is 130 Å². The highest BCUT2D eigenvalue weighted by Crippen LogP contribution is 2.35. The topological polar surface area (TPSA) is 59.1 Å². The van der Waals surface area contributed by atoms with Crippen molar-refractivity contribution >= 4 is 71.6 Å². The molecule has 0 aliphatic heterocycles. The molecule has 0 amide bonds. The molecule has 2 N–H and O–H groups in total. The summed E-state index contributed by atoms with van der Waals surface area (Å²) >= 11 is 14.3. The van der Waals surface area contributed by atoms with Gasteiger partial charge in [0.1, 0.15) is 5.82 Å². The molecule has 5 nitrogen and oxygen atoms in total. The van der Waals surface area contributed by atoms with E-state index in [2.05, 4.69) is 121 Å². The van der Waals surface area contributed by atoms with Crippen LogP contribution >= 0.6 is 35.0 Å². The molecule has 0 spiro atoms. The molecule has 0 saturated heterocycles. The van der Waals surface area contributed by atoms with Gasteiger partial charge in [0.15, 0.2) is 5.16 Å². The molecule has 1 radical (unpaired) electrons. The molecular weight excluding hydrogens is 635 g/mol. The lowest BCUT2D eigenvalue weighted by Gasteiger charge is -2.30. The van der Waals surface area contributed by atoms with Gasteiger partial charge in [0.25, 0.3) is 9.04 Å². The molecule has 1 unspecified atom stereocenters. The third kappa shape index (κ3) is 9.12. The molecule has 0 aliphatic rings. The number of hydrogen-bond acceptors (Lipinski definition) is 6. The second-order valence-corrected chi connectivity index (χ2v) is 15.5. The third-order valence-corrected chi connectivity index (χ3v) is 10.5. The van der Waals surface area contributed by atoms with E-state index in [-0.39, 0.29) is 11.5 Å². The summed E-state index contributed by atoms with van der Waals surface area (Å²) in [5.74, 6) is 0.716. The first-order valence-electron chi connectivity index (χ1n) is 14.8. The number of nitrogens with one attached hydrogen (secondary N) is 2. The lowest BCUT2D eigenvalue weighted by atomic mass is 9.87. The molecule has 9 heteroatoms. The minimum absolute atomic E-state index is 0.0488. The van der Waals surface area contributed by atoms with E-state index in [4.69, 9.17) is 32.6 Å². The van der Waals surface area contributed by atoms with Gasteiger partial charge in [-0.1, -0.05) is 135 Å². The largest absolute Gasteiger partial charge is 0.400 e. The van der Waals surface area contributed by atoms with E-state index in [0.717, 1.165) is 23.2 Å². The van der Waals surface area contributed by atoms with Gasteiger partial charge in [-0.3, -0.25) is 0 Å². The van der Waals surface area contributed by atoms with Gasteiger partial charge in [0.05, 0.1) is 21.8 Å². The van der Waals surface area contributed by atoms with Crippen molar-refractivity contribution in [1.29, 1.82) is 0 Å². The fraction of sp³-hybridized carbons (Fsp3) is 0.222. The smallest absolute Gasteiger partial charge is 0.283 e. The van der Waals surface area contributed by atoms with E-state index in [1.54, 1.807) is 0 Å². The van der Waals surface area contributed by atoms with Crippen LogP contribution in [0.2, 0.25) is 10.0 Å². The SMILES string of the molecule is CSc1ncc(CNc2c(Cl)cccc2Cl)c(Nc2cccc(C(CC(C)(C)C)O[Si](c3ccccc3)c3ccccc3)c2)n1. The van der Waals surface area contributed by atoms with Crippen molar-refractivity contribution in [1.82, 2.24) is 9.97 Å². The number of benzene rings is 4. The zero-order chi connectivity index (χ0) is 31.8. The molecular formula is C36H37Cl2N4OSSi. The molecule has 0 saturated carbocycles. The fourth-order valence-electron chi connectivity index (χ4n) is 4.94. The van der Waals surface area contributed by atoms with Crippen LogP contribution in [0.3, 0.4) is 0 Å². The summed E-state index contributed by atoms with van der Waals surface area (Å²) in [5, 5.41) is 11.2. The maximum Gasteiger partial charge on any atom is 0.283 e. The Bertz CT molecular complexity index is 1640. The summed E-state index contributed by atoms with van der Waals surface area (Å²) in [6.07, 6.45) is 4.55. The van der Waals surface area contributed by atoms with Gasteiger partial charge >= 0.3 is 0 Å². The number of para-hydroxylation sites is 1. The van der Waals surface area contributed by atoms with E-state index >= 15 is 0 Å². The van der Waals surface area contributed by atoms with Crippen LogP contribution in [0.25, 0.3) is 0 Å². The predicted octanol–water partition coefficient (Wildman–Crippen LogP) is 9.16. The number of anilines is 3. The van der Waals surface area contributed by atoms with Gasteiger partial charge < -0.3 is 15.1 Å². The molecule has 5 rings (SSSR count). The van der Waals surface area contributed by atoms with Crippen LogP contribution in [0.1, 0.15) is 44.4 Å². The molecule has 1 atom stereocenters. The van der Waals surface area contributed by atoms with Crippen LogP contribution < -0.4 is 21.0 Å². The summed E-state index contributed by atoms with van der Waals surface area (Å²) < 4.78 is 7.17. The van der Waals surface area contributed by atoms with Crippen molar-refractivity contribution in [2.24, 2.45) is 5.41 Å². The lowest BCUT2D eigenvalue weighted by Crippen LogP contribution is -2.46. The lowest BCUT2D eigenvalue weighted by molar-refractivity contribution is 0.150. The highest BCUT2D eigenvalue weighted by molar-refractivity contribution is 7.98. The van der Waals surface area contributed by atoms with Crippen LogP contribution in [0.4, 0.5) is 17.2 Å². The standard InChI is InChI=1S/C36H37Cl2N4OSSi/c1-36(2,3)22-32(43-45(28-15-7-5-8-16-28)29-17-9-6-10-18-29)25-13-11-14-27(21-25)41-34-26(24-40-35(42-34)44-4)23-39-33-30(37)19-12-20-31(33)38/h5-21,24,32,39H,22-23H2,1-4H3,(H,40,41,42). The maximum atomic E-state index is 7.17. The number of rotatable bonds is 12. The minimum Gasteiger partial charge on any atom is -0.400 e. The molecule has 4 aromatic carbocycles. The van der Waals surface area contributed by atoms with Gasteiger partial charge in [0, 0.05) is 24.0 Å². The quantitative estimate of drug-likeness (QED) is 0.0784. The number of nitrogens with zero attached hydrogens (tertiary/aromatic N) is 2. The van der Waals surface area contributed by atoms with Crippen molar-refractivity contribution in [3.63, 3.8) is 0 Å². The monoisotopic (exact) mass is 671 g/mol. The number of halogens is 2. The molecule has 5 aromatic rings. The normalized spacial score (nSPS) is 12.2. The molecule has 1 aromatic heterocycles. The summed E-state index contributed by atoms with van der Waals surface area (Å²) in [6, 6.07) is 35.1. The second kappa shape index (κ2) is 15.3. The van der Waals surface area contributed by atoms with Crippen molar-refractivity contribution in [2.75, 3.05) is 16.9 Å². The van der Waals surface area contributed by atoms with Gasteiger partial charge in [-0.05, 0) is 58.3 Å². The predicted molar refractivity (Wildman–Crippen MR) is 193 cm³/mol. The minimum atomic E-state index is -1.52. The maximum absolute atomic E-state index is 7.17. The van der Waals surface area contributed by atoms with Gasteiger partial charge in [-0.25, -0.2) is 9.97 Å². The van der Waals surface area contributed by atoms with Gasteiger partial charge in [-0.2, -0.15) is 0 Å².